The normalized spacial score (nSPS) is 27.6. The average Bonchev–Trinajstić information content (AvgIpc) is 2.94. The van der Waals surface area contributed by atoms with Gasteiger partial charge in [0.25, 0.3) is 5.91 Å². The van der Waals surface area contributed by atoms with E-state index in [1.54, 1.807) is 0 Å². The van der Waals surface area contributed by atoms with Crippen molar-refractivity contribution in [2.45, 2.75) is 25.8 Å². The summed E-state index contributed by atoms with van der Waals surface area (Å²) in [6.45, 7) is 2.09. The van der Waals surface area contributed by atoms with E-state index in [4.69, 9.17) is 0 Å². The van der Waals surface area contributed by atoms with E-state index in [9.17, 15) is 9.59 Å². The standard InChI is InChI=1S/C21H20N2O2/c1-13-10-19(24)23-20(13)15-8-6-14(7-9-15)11-17-12-16-4-2-3-5-18(16)22-21(17)25/h2-9,12-13,16,20H,10-11H2,1H3,(H,23,24). The second kappa shape index (κ2) is 6.28. The number of dihydropyridines is 1. The van der Waals surface area contributed by atoms with E-state index < -0.39 is 0 Å². The minimum Gasteiger partial charge on any atom is -0.349 e. The number of amides is 2. The van der Waals surface area contributed by atoms with Crippen molar-refractivity contribution < 1.29 is 9.59 Å². The molecule has 3 unspecified atom stereocenters. The zero-order chi connectivity index (χ0) is 17.4. The number of rotatable bonds is 3. The van der Waals surface area contributed by atoms with Crippen molar-refractivity contribution in [3.63, 3.8) is 0 Å². The van der Waals surface area contributed by atoms with Gasteiger partial charge >= 0.3 is 0 Å². The number of aliphatic imine (C=N–C) groups is 1. The molecule has 0 saturated carbocycles. The maximum Gasteiger partial charge on any atom is 0.273 e. The molecule has 126 valence electrons. The summed E-state index contributed by atoms with van der Waals surface area (Å²) in [5.74, 6) is 0.376. The first-order valence-electron chi connectivity index (χ1n) is 8.67. The number of carbonyl (C=O) groups excluding carboxylic acids is 2. The number of fused-ring (bicyclic) bond motifs is 1. The molecule has 0 bridgehead atoms. The maximum atomic E-state index is 12.2. The van der Waals surface area contributed by atoms with Crippen molar-refractivity contribution >= 4 is 17.5 Å². The first-order chi connectivity index (χ1) is 12.1. The molecule has 1 saturated heterocycles. The lowest BCUT2D eigenvalue weighted by Crippen LogP contribution is -2.21. The van der Waals surface area contributed by atoms with Gasteiger partial charge in [-0.05, 0) is 23.1 Å². The molecule has 2 aliphatic heterocycles. The van der Waals surface area contributed by atoms with Crippen LogP contribution in [0.15, 0.2) is 65.2 Å². The third-order valence-electron chi connectivity index (χ3n) is 5.05. The minimum absolute atomic E-state index is 0.0865. The molecule has 3 atom stereocenters. The van der Waals surface area contributed by atoms with Gasteiger partial charge in [-0.3, -0.25) is 9.59 Å². The maximum absolute atomic E-state index is 12.2. The van der Waals surface area contributed by atoms with Crippen LogP contribution in [0.3, 0.4) is 0 Å². The molecule has 4 heteroatoms. The Balaban J connectivity index is 1.49. The summed E-state index contributed by atoms with van der Waals surface area (Å²) in [6, 6.07) is 8.26. The van der Waals surface area contributed by atoms with Crippen LogP contribution >= 0.6 is 0 Å². The summed E-state index contributed by atoms with van der Waals surface area (Å²) < 4.78 is 0. The van der Waals surface area contributed by atoms with Crippen LogP contribution in [0.4, 0.5) is 0 Å². The van der Waals surface area contributed by atoms with Crippen molar-refractivity contribution in [2.75, 3.05) is 0 Å². The Morgan fingerprint density at radius 2 is 1.96 bits per heavy atom. The lowest BCUT2D eigenvalue weighted by molar-refractivity contribution is -0.119. The molecule has 2 heterocycles. The molecule has 3 aliphatic rings. The third kappa shape index (κ3) is 3.12. The largest absolute Gasteiger partial charge is 0.349 e. The molecule has 1 fully saturated rings. The van der Waals surface area contributed by atoms with Crippen LogP contribution in [0.25, 0.3) is 0 Å². The monoisotopic (exact) mass is 332 g/mol. The van der Waals surface area contributed by atoms with Gasteiger partial charge in [-0.1, -0.05) is 55.5 Å². The van der Waals surface area contributed by atoms with Crippen molar-refractivity contribution in [1.29, 1.82) is 0 Å². The summed E-state index contributed by atoms with van der Waals surface area (Å²) in [5.41, 5.74) is 3.75. The molecule has 1 aromatic carbocycles. The fraction of sp³-hybridized carbons (Fsp3) is 0.286. The molecule has 0 radical (unpaired) electrons. The molecule has 25 heavy (non-hydrogen) atoms. The number of nitrogens with zero attached hydrogens (tertiary/aromatic N) is 1. The van der Waals surface area contributed by atoms with Gasteiger partial charge in [0.15, 0.2) is 0 Å². The zero-order valence-corrected chi connectivity index (χ0v) is 14.1. The van der Waals surface area contributed by atoms with E-state index in [2.05, 4.69) is 23.3 Å². The summed E-state index contributed by atoms with van der Waals surface area (Å²) in [7, 11) is 0. The molecule has 4 nitrogen and oxygen atoms in total. The second-order valence-corrected chi connectivity index (χ2v) is 6.95. The van der Waals surface area contributed by atoms with Crippen LogP contribution in [0.5, 0.6) is 0 Å². The Morgan fingerprint density at radius 1 is 1.16 bits per heavy atom. The van der Waals surface area contributed by atoms with Crippen LogP contribution < -0.4 is 5.32 Å². The molecular weight excluding hydrogens is 312 g/mol. The highest BCUT2D eigenvalue weighted by molar-refractivity contribution is 6.13. The molecule has 1 N–H and O–H groups in total. The summed E-state index contributed by atoms with van der Waals surface area (Å²) in [6.07, 6.45) is 11.0. The predicted molar refractivity (Wildman–Crippen MR) is 97.1 cm³/mol. The quantitative estimate of drug-likeness (QED) is 0.925. The number of benzene rings is 1. The molecule has 1 aromatic rings. The average molecular weight is 332 g/mol. The summed E-state index contributed by atoms with van der Waals surface area (Å²) in [5, 5.41) is 3.02. The predicted octanol–water partition coefficient (Wildman–Crippen LogP) is 3.08. The highest BCUT2D eigenvalue weighted by atomic mass is 16.2. The SMILES string of the molecule is CC1CC(=O)NC1c1ccc(CC2=CC3C=CC=CC3=NC2=O)cc1. The Morgan fingerprint density at radius 3 is 2.68 bits per heavy atom. The molecular formula is C21H20N2O2. The van der Waals surface area contributed by atoms with Crippen molar-refractivity contribution in [3.8, 4) is 0 Å². The van der Waals surface area contributed by atoms with Gasteiger partial charge in [0.2, 0.25) is 5.91 Å². The van der Waals surface area contributed by atoms with Gasteiger partial charge in [0.05, 0.1) is 11.8 Å². The summed E-state index contributed by atoms with van der Waals surface area (Å²) in [4.78, 5) is 28.0. The van der Waals surface area contributed by atoms with Crippen molar-refractivity contribution in [3.05, 3.63) is 71.3 Å². The Hall–Kier alpha value is -2.75. The molecule has 0 spiro atoms. The Kier molecular flexibility index (Phi) is 3.96. The first kappa shape index (κ1) is 15.8. The second-order valence-electron chi connectivity index (χ2n) is 6.95. The fourth-order valence-electron chi connectivity index (χ4n) is 3.67. The number of hydrogen-bond donors (Lipinski definition) is 1. The van der Waals surface area contributed by atoms with Gasteiger partial charge in [-0.25, -0.2) is 4.99 Å². The third-order valence-corrected chi connectivity index (χ3v) is 5.05. The van der Waals surface area contributed by atoms with Gasteiger partial charge < -0.3 is 5.32 Å². The topological polar surface area (TPSA) is 58.5 Å². The van der Waals surface area contributed by atoms with Gasteiger partial charge in [0.1, 0.15) is 0 Å². The van der Waals surface area contributed by atoms with Crippen LogP contribution in [0, 0.1) is 11.8 Å². The lowest BCUT2D eigenvalue weighted by Gasteiger charge is -2.19. The van der Waals surface area contributed by atoms with Gasteiger partial charge in [-0.2, -0.15) is 0 Å². The van der Waals surface area contributed by atoms with Crippen molar-refractivity contribution in [1.82, 2.24) is 5.32 Å². The smallest absolute Gasteiger partial charge is 0.273 e. The first-order valence-corrected chi connectivity index (χ1v) is 8.67. The van der Waals surface area contributed by atoms with E-state index in [0.717, 1.165) is 22.4 Å². The highest BCUT2D eigenvalue weighted by Crippen LogP contribution is 2.30. The van der Waals surface area contributed by atoms with E-state index >= 15 is 0 Å². The van der Waals surface area contributed by atoms with Crippen LogP contribution in [-0.4, -0.2) is 17.5 Å². The van der Waals surface area contributed by atoms with Gasteiger partial charge in [0, 0.05) is 24.3 Å². The minimum atomic E-state index is -0.146. The van der Waals surface area contributed by atoms with Crippen LogP contribution in [-0.2, 0) is 16.0 Å². The molecule has 4 rings (SSSR count). The number of allylic oxidation sites excluding steroid dienone is 5. The van der Waals surface area contributed by atoms with E-state index in [1.807, 2.05) is 48.6 Å². The highest BCUT2D eigenvalue weighted by Gasteiger charge is 2.29. The van der Waals surface area contributed by atoms with E-state index in [0.29, 0.717) is 18.8 Å². The Bertz CT molecular complexity index is 843. The van der Waals surface area contributed by atoms with Gasteiger partial charge in [-0.15, -0.1) is 0 Å². The summed E-state index contributed by atoms with van der Waals surface area (Å²) >= 11 is 0. The van der Waals surface area contributed by atoms with Crippen molar-refractivity contribution in [2.24, 2.45) is 16.8 Å². The molecule has 1 aliphatic carbocycles. The van der Waals surface area contributed by atoms with E-state index in [1.165, 1.54) is 0 Å². The molecule has 0 aromatic heterocycles. The number of hydrogen-bond acceptors (Lipinski definition) is 2. The zero-order valence-electron chi connectivity index (χ0n) is 14.1. The van der Waals surface area contributed by atoms with Crippen LogP contribution in [0.1, 0.15) is 30.5 Å². The molecule has 2 amide bonds. The number of carbonyl (C=O) groups is 2. The van der Waals surface area contributed by atoms with Crippen LogP contribution in [0.2, 0.25) is 0 Å². The fourth-order valence-corrected chi connectivity index (χ4v) is 3.67. The number of nitrogens with one attached hydrogen (secondary N) is 1. The Labute approximate surface area is 147 Å². The van der Waals surface area contributed by atoms with E-state index in [-0.39, 0.29) is 23.8 Å². The lowest BCUT2D eigenvalue weighted by atomic mass is 9.90.